The highest BCUT2D eigenvalue weighted by molar-refractivity contribution is 6.30. The zero-order valence-electron chi connectivity index (χ0n) is 9.22. The van der Waals surface area contributed by atoms with Crippen LogP contribution in [-0.4, -0.2) is 17.1 Å². The first-order chi connectivity index (χ1) is 7.77. The van der Waals surface area contributed by atoms with Gasteiger partial charge in [-0.3, -0.25) is 0 Å². The number of halogens is 1. The molecule has 1 saturated carbocycles. The molecule has 0 atom stereocenters. The van der Waals surface area contributed by atoms with Gasteiger partial charge in [-0.15, -0.1) is 0 Å². The number of hydrogen-bond acceptors (Lipinski definition) is 3. The Bertz CT molecular complexity index is 399. The molecular weight excluding hydrogens is 222 g/mol. The molecule has 16 heavy (non-hydrogen) atoms. The Hall–Kier alpha value is -0.960. The standard InChI is InChI=1S/C12H16ClN3/c13-9-6-10-11(14-7-9)16-12(8-15-10)4-2-1-3-5-12/h6-7,15H,1-5,8H2,(H,14,16). The van der Waals surface area contributed by atoms with Crippen molar-refractivity contribution in [1.29, 1.82) is 0 Å². The number of anilines is 2. The summed E-state index contributed by atoms with van der Waals surface area (Å²) in [4.78, 5) is 4.36. The summed E-state index contributed by atoms with van der Waals surface area (Å²) in [5.41, 5.74) is 1.26. The lowest BCUT2D eigenvalue weighted by molar-refractivity contribution is 0.333. The SMILES string of the molecule is Clc1cnc2c(c1)NCC1(CCCCC1)N2. The molecule has 1 aromatic heterocycles. The van der Waals surface area contributed by atoms with Crippen molar-refractivity contribution in [2.45, 2.75) is 37.6 Å². The first kappa shape index (κ1) is 10.2. The molecule has 1 spiro atoms. The van der Waals surface area contributed by atoms with Crippen molar-refractivity contribution >= 4 is 23.1 Å². The minimum atomic E-state index is 0.228. The lowest BCUT2D eigenvalue weighted by atomic mass is 9.80. The molecule has 0 bridgehead atoms. The topological polar surface area (TPSA) is 37.0 Å². The number of aromatic nitrogens is 1. The third-order valence-corrected chi connectivity index (χ3v) is 3.87. The molecule has 1 aliphatic heterocycles. The lowest BCUT2D eigenvalue weighted by Gasteiger charge is -2.42. The second-order valence-electron chi connectivity index (χ2n) is 4.87. The van der Waals surface area contributed by atoms with Crippen LogP contribution in [-0.2, 0) is 0 Å². The van der Waals surface area contributed by atoms with Crippen LogP contribution in [0.1, 0.15) is 32.1 Å². The fourth-order valence-electron chi connectivity index (χ4n) is 2.76. The minimum absolute atomic E-state index is 0.228. The Balaban J connectivity index is 1.88. The molecule has 86 valence electrons. The van der Waals surface area contributed by atoms with Gasteiger partial charge in [0.25, 0.3) is 0 Å². The van der Waals surface area contributed by atoms with E-state index >= 15 is 0 Å². The Labute approximate surface area is 101 Å². The Morgan fingerprint density at radius 1 is 1.25 bits per heavy atom. The van der Waals surface area contributed by atoms with Crippen molar-refractivity contribution < 1.29 is 0 Å². The van der Waals surface area contributed by atoms with E-state index in [1.54, 1.807) is 6.20 Å². The van der Waals surface area contributed by atoms with E-state index in [9.17, 15) is 0 Å². The number of fused-ring (bicyclic) bond motifs is 1. The summed E-state index contributed by atoms with van der Waals surface area (Å²) in [6, 6.07) is 1.94. The van der Waals surface area contributed by atoms with Crippen LogP contribution < -0.4 is 10.6 Å². The van der Waals surface area contributed by atoms with E-state index in [0.717, 1.165) is 18.1 Å². The normalized spacial score (nSPS) is 22.1. The van der Waals surface area contributed by atoms with Crippen molar-refractivity contribution in [3.63, 3.8) is 0 Å². The van der Waals surface area contributed by atoms with Crippen molar-refractivity contribution in [2.75, 3.05) is 17.2 Å². The van der Waals surface area contributed by atoms with Gasteiger partial charge in [0, 0.05) is 12.7 Å². The van der Waals surface area contributed by atoms with Crippen LogP contribution in [0.3, 0.4) is 0 Å². The van der Waals surface area contributed by atoms with Gasteiger partial charge in [0.1, 0.15) is 5.82 Å². The quantitative estimate of drug-likeness (QED) is 0.727. The molecule has 0 unspecified atom stereocenters. The van der Waals surface area contributed by atoms with Gasteiger partial charge >= 0.3 is 0 Å². The summed E-state index contributed by atoms with van der Waals surface area (Å²) < 4.78 is 0. The fourth-order valence-corrected chi connectivity index (χ4v) is 2.92. The van der Waals surface area contributed by atoms with E-state index in [1.807, 2.05) is 6.07 Å². The summed E-state index contributed by atoms with van der Waals surface area (Å²) in [6.45, 7) is 0.988. The highest BCUT2D eigenvalue weighted by Crippen LogP contribution is 2.37. The van der Waals surface area contributed by atoms with E-state index in [1.165, 1.54) is 32.1 Å². The van der Waals surface area contributed by atoms with Crippen LogP contribution in [0, 0.1) is 0 Å². The van der Waals surface area contributed by atoms with Gasteiger partial charge in [0.05, 0.1) is 16.2 Å². The Kier molecular flexibility index (Phi) is 2.43. The monoisotopic (exact) mass is 237 g/mol. The van der Waals surface area contributed by atoms with E-state index < -0.39 is 0 Å². The molecule has 2 aliphatic rings. The van der Waals surface area contributed by atoms with Gasteiger partial charge in [-0.1, -0.05) is 30.9 Å². The van der Waals surface area contributed by atoms with Gasteiger partial charge < -0.3 is 10.6 Å². The fraction of sp³-hybridized carbons (Fsp3) is 0.583. The lowest BCUT2D eigenvalue weighted by Crippen LogP contribution is -2.49. The van der Waals surface area contributed by atoms with Crippen LogP contribution in [0.25, 0.3) is 0 Å². The molecule has 3 nitrogen and oxygen atoms in total. The van der Waals surface area contributed by atoms with Gasteiger partial charge in [-0.2, -0.15) is 0 Å². The molecule has 4 heteroatoms. The summed E-state index contributed by atoms with van der Waals surface area (Å²) in [7, 11) is 0. The highest BCUT2D eigenvalue weighted by atomic mass is 35.5. The van der Waals surface area contributed by atoms with Crippen LogP contribution in [0.15, 0.2) is 12.3 Å². The number of nitrogens with zero attached hydrogens (tertiary/aromatic N) is 1. The number of nitrogens with one attached hydrogen (secondary N) is 2. The van der Waals surface area contributed by atoms with Crippen LogP contribution in [0.2, 0.25) is 5.02 Å². The van der Waals surface area contributed by atoms with E-state index in [-0.39, 0.29) is 5.54 Å². The summed E-state index contributed by atoms with van der Waals surface area (Å²) in [6.07, 6.45) is 8.18. The van der Waals surface area contributed by atoms with Gasteiger partial charge in [0.15, 0.2) is 0 Å². The smallest absolute Gasteiger partial charge is 0.149 e. The van der Waals surface area contributed by atoms with Crippen LogP contribution >= 0.6 is 11.6 Å². The molecule has 2 N–H and O–H groups in total. The molecule has 0 aromatic carbocycles. The van der Waals surface area contributed by atoms with Crippen molar-refractivity contribution in [2.24, 2.45) is 0 Å². The second-order valence-corrected chi connectivity index (χ2v) is 5.31. The molecule has 1 aromatic rings. The first-order valence-electron chi connectivity index (χ1n) is 5.95. The van der Waals surface area contributed by atoms with Crippen molar-refractivity contribution in [1.82, 2.24) is 4.98 Å². The van der Waals surface area contributed by atoms with E-state index in [2.05, 4.69) is 15.6 Å². The third kappa shape index (κ3) is 1.73. The molecule has 0 amide bonds. The zero-order valence-corrected chi connectivity index (χ0v) is 9.98. The molecule has 3 rings (SSSR count). The molecule has 1 aliphatic carbocycles. The average molecular weight is 238 g/mol. The number of rotatable bonds is 0. The highest BCUT2D eigenvalue weighted by Gasteiger charge is 2.35. The maximum absolute atomic E-state index is 5.92. The molecule has 1 fully saturated rings. The largest absolute Gasteiger partial charge is 0.380 e. The summed E-state index contributed by atoms with van der Waals surface area (Å²) >= 11 is 5.92. The van der Waals surface area contributed by atoms with Gasteiger partial charge in [-0.05, 0) is 18.9 Å². The molecule has 2 heterocycles. The Morgan fingerprint density at radius 3 is 2.88 bits per heavy atom. The van der Waals surface area contributed by atoms with E-state index in [0.29, 0.717) is 5.02 Å². The van der Waals surface area contributed by atoms with Gasteiger partial charge in [0.2, 0.25) is 0 Å². The van der Waals surface area contributed by atoms with Crippen LogP contribution in [0.5, 0.6) is 0 Å². The van der Waals surface area contributed by atoms with Gasteiger partial charge in [-0.25, -0.2) is 4.98 Å². The average Bonchev–Trinajstić information content (AvgIpc) is 2.31. The third-order valence-electron chi connectivity index (χ3n) is 3.67. The van der Waals surface area contributed by atoms with E-state index in [4.69, 9.17) is 11.6 Å². The van der Waals surface area contributed by atoms with Crippen LogP contribution in [0.4, 0.5) is 11.5 Å². The number of hydrogen-bond donors (Lipinski definition) is 2. The first-order valence-corrected chi connectivity index (χ1v) is 6.33. The van der Waals surface area contributed by atoms with Crippen molar-refractivity contribution in [3.8, 4) is 0 Å². The Morgan fingerprint density at radius 2 is 2.06 bits per heavy atom. The predicted molar refractivity (Wildman–Crippen MR) is 67.2 cm³/mol. The molecular formula is C12H16ClN3. The maximum atomic E-state index is 5.92. The maximum Gasteiger partial charge on any atom is 0.149 e. The van der Waals surface area contributed by atoms with Crippen molar-refractivity contribution in [3.05, 3.63) is 17.3 Å². The molecule has 0 radical (unpaired) electrons. The zero-order chi connectivity index (χ0) is 11.0. The second kappa shape index (κ2) is 3.81. The predicted octanol–water partition coefficient (Wildman–Crippen LogP) is 3.28. The summed E-state index contributed by atoms with van der Waals surface area (Å²) in [5.74, 6) is 0.956. The minimum Gasteiger partial charge on any atom is -0.380 e. The summed E-state index contributed by atoms with van der Waals surface area (Å²) in [5, 5.41) is 7.75. The molecule has 0 saturated heterocycles. The number of pyridine rings is 1.